The molecule has 2 rings (SSSR count). The minimum atomic E-state index is -2.80. The van der Waals surface area contributed by atoms with Crippen LogP contribution < -0.4 is 5.32 Å². The first-order valence-electron chi connectivity index (χ1n) is 6.47. The second-order valence-electron chi connectivity index (χ2n) is 4.78. The summed E-state index contributed by atoms with van der Waals surface area (Å²) >= 11 is 3.40. The molecule has 1 heterocycles. The summed E-state index contributed by atoms with van der Waals surface area (Å²) in [4.78, 5) is 2.22. The minimum Gasteiger partial charge on any atom is -0.384 e. The van der Waals surface area contributed by atoms with Crippen LogP contribution in [-0.4, -0.2) is 51.0 Å². The third kappa shape index (κ3) is 5.12. The molecule has 0 aliphatic carbocycles. The van der Waals surface area contributed by atoms with Crippen molar-refractivity contribution in [3.05, 3.63) is 28.7 Å². The van der Waals surface area contributed by atoms with Crippen LogP contribution in [0, 0.1) is 0 Å². The van der Waals surface area contributed by atoms with Crippen LogP contribution in [0.25, 0.3) is 0 Å². The zero-order chi connectivity index (χ0) is 13.7. The number of anilines is 1. The van der Waals surface area contributed by atoms with Crippen molar-refractivity contribution in [2.45, 2.75) is 6.42 Å². The molecule has 0 radical (unpaired) electrons. The molecule has 0 spiro atoms. The van der Waals surface area contributed by atoms with Crippen LogP contribution in [0.15, 0.2) is 28.7 Å². The van der Waals surface area contributed by atoms with Gasteiger partial charge in [0.05, 0.1) is 11.5 Å². The van der Waals surface area contributed by atoms with E-state index in [0.717, 1.165) is 36.2 Å². The topological polar surface area (TPSA) is 49.4 Å². The van der Waals surface area contributed by atoms with Crippen LogP contribution in [0.5, 0.6) is 0 Å². The van der Waals surface area contributed by atoms with Gasteiger partial charge in [0, 0.05) is 29.8 Å². The predicted octanol–water partition coefficient (Wildman–Crippen LogP) is 1.98. The standard InChI is InChI=1S/C13H19BrN2O2S/c14-12-2-4-13(5-3-12)15-6-8-16-7-1-10-19(17,18)11-9-16/h2-5,15H,1,6-11H2. The Labute approximate surface area is 123 Å². The SMILES string of the molecule is O=S1(=O)CCCN(CCNc2ccc(Br)cc2)CC1. The summed E-state index contributed by atoms with van der Waals surface area (Å²) in [7, 11) is -2.80. The van der Waals surface area contributed by atoms with Crippen molar-refractivity contribution in [2.75, 3.05) is 43.0 Å². The number of halogens is 1. The van der Waals surface area contributed by atoms with E-state index < -0.39 is 9.84 Å². The Morgan fingerprint density at radius 2 is 1.89 bits per heavy atom. The summed E-state index contributed by atoms with van der Waals surface area (Å²) < 4.78 is 24.1. The molecule has 1 fully saturated rings. The van der Waals surface area contributed by atoms with Crippen LogP contribution in [0.4, 0.5) is 5.69 Å². The molecule has 1 aromatic carbocycles. The van der Waals surface area contributed by atoms with Gasteiger partial charge in [0.2, 0.25) is 0 Å². The fourth-order valence-electron chi connectivity index (χ4n) is 2.14. The zero-order valence-corrected chi connectivity index (χ0v) is 13.2. The van der Waals surface area contributed by atoms with Gasteiger partial charge in [-0.1, -0.05) is 15.9 Å². The van der Waals surface area contributed by atoms with Crippen molar-refractivity contribution >= 4 is 31.5 Å². The van der Waals surface area contributed by atoms with E-state index in [1.54, 1.807) is 0 Å². The largest absolute Gasteiger partial charge is 0.384 e. The zero-order valence-electron chi connectivity index (χ0n) is 10.8. The van der Waals surface area contributed by atoms with Crippen LogP contribution in [0.1, 0.15) is 6.42 Å². The Kier molecular flexibility index (Phi) is 5.24. The molecular formula is C13H19BrN2O2S. The Balaban J connectivity index is 1.75. The van der Waals surface area contributed by atoms with E-state index >= 15 is 0 Å². The van der Waals surface area contributed by atoms with Gasteiger partial charge in [-0.25, -0.2) is 8.42 Å². The molecule has 0 amide bonds. The van der Waals surface area contributed by atoms with E-state index in [1.165, 1.54) is 0 Å². The molecule has 1 aliphatic rings. The van der Waals surface area contributed by atoms with Gasteiger partial charge in [0.25, 0.3) is 0 Å². The van der Waals surface area contributed by atoms with Crippen molar-refractivity contribution in [1.29, 1.82) is 0 Å². The first-order chi connectivity index (χ1) is 9.05. The van der Waals surface area contributed by atoms with Crippen LogP contribution in [0.2, 0.25) is 0 Å². The summed E-state index contributed by atoms with van der Waals surface area (Å²) in [6, 6.07) is 8.05. The van der Waals surface area contributed by atoms with E-state index in [1.807, 2.05) is 24.3 Å². The number of sulfone groups is 1. The molecular weight excluding hydrogens is 328 g/mol. The molecule has 0 bridgehead atoms. The van der Waals surface area contributed by atoms with Crippen molar-refractivity contribution < 1.29 is 8.42 Å². The molecule has 0 unspecified atom stereocenters. The summed E-state index contributed by atoms with van der Waals surface area (Å²) in [5.41, 5.74) is 1.09. The van der Waals surface area contributed by atoms with Gasteiger partial charge in [0.1, 0.15) is 0 Å². The van der Waals surface area contributed by atoms with Gasteiger partial charge >= 0.3 is 0 Å². The van der Waals surface area contributed by atoms with E-state index in [0.29, 0.717) is 18.1 Å². The smallest absolute Gasteiger partial charge is 0.151 e. The first kappa shape index (κ1) is 14.8. The maximum atomic E-state index is 11.5. The number of hydrogen-bond donors (Lipinski definition) is 1. The molecule has 6 heteroatoms. The molecule has 0 atom stereocenters. The van der Waals surface area contributed by atoms with Crippen molar-refractivity contribution in [1.82, 2.24) is 4.90 Å². The number of benzene rings is 1. The van der Waals surface area contributed by atoms with Crippen molar-refractivity contribution in [3.63, 3.8) is 0 Å². The lowest BCUT2D eigenvalue weighted by Gasteiger charge is -2.19. The van der Waals surface area contributed by atoms with E-state index in [9.17, 15) is 8.42 Å². The van der Waals surface area contributed by atoms with E-state index in [4.69, 9.17) is 0 Å². The summed E-state index contributed by atoms with van der Waals surface area (Å²) in [5.74, 6) is 0.634. The Bertz CT molecular complexity index is 502. The quantitative estimate of drug-likeness (QED) is 0.905. The van der Waals surface area contributed by atoms with E-state index in [2.05, 4.69) is 26.1 Å². The van der Waals surface area contributed by atoms with Crippen LogP contribution in [-0.2, 0) is 9.84 Å². The number of nitrogens with zero attached hydrogens (tertiary/aromatic N) is 1. The Morgan fingerprint density at radius 1 is 1.16 bits per heavy atom. The van der Waals surface area contributed by atoms with Gasteiger partial charge in [-0.05, 0) is 37.2 Å². The maximum absolute atomic E-state index is 11.5. The minimum absolute atomic E-state index is 0.297. The monoisotopic (exact) mass is 346 g/mol. The third-order valence-electron chi connectivity index (χ3n) is 3.25. The number of rotatable bonds is 4. The van der Waals surface area contributed by atoms with E-state index in [-0.39, 0.29) is 0 Å². The second-order valence-corrected chi connectivity index (χ2v) is 8.00. The van der Waals surface area contributed by atoms with Crippen molar-refractivity contribution in [2.24, 2.45) is 0 Å². The van der Waals surface area contributed by atoms with Gasteiger partial charge < -0.3 is 10.2 Å². The fraction of sp³-hybridized carbons (Fsp3) is 0.538. The average molecular weight is 347 g/mol. The molecule has 1 aliphatic heterocycles. The summed E-state index contributed by atoms with van der Waals surface area (Å²) in [6.45, 7) is 3.25. The van der Waals surface area contributed by atoms with Crippen molar-refractivity contribution in [3.8, 4) is 0 Å². The summed E-state index contributed by atoms with van der Waals surface area (Å²) in [5, 5.41) is 3.35. The molecule has 106 valence electrons. The number of nitrogens with one attached hydrogen (secondary N) is 1. The van der Waals surface area contributed by atoms with Crippen LogP contribution in [0.3, 0.4) is 0 Å². The lowest BCUT2D eigenvalue weighted by atomic mass is 10.3. The molecule has 1 N–H and O–H groups in total. The van der Waals surface area contributed by atoms with Gasteiger partial charge in [0.15, 0.2) is 9.84 Å². The highest BCUT2D eigenvalue weighted by Gasteiger charge is 2.18. The molecule has 19 heavy (non-hydrogen) atoms. The molecule has 1 aromatic rings. The Morgan fingerprint density at radius 3 is 2.63 bits per heavy atom. The first-order valence-corrected chi connectivity index (χ1v) is 9.09. The van der Waals surface area contributed by atoms with Gasteiger partial charge in [-0.15, -0.1) is 0 Å². The highest BCUT2D eigenvalue weighted by molar-refractivity contribution is 9.10. The lowest BCUT2D eigenvalue weighted by molar-refractivity contribution is 0.307. The molecule has 0 aromatic heterocycles. The molecule has 4 nitrogen and oxygen atoms in total. The normalized spacial score (nSPS) is 19.8. The maximum Gasteiger partial charge on any atom is 0.151 e. The fourth-order valence-corrected chi connectivity index (χ4v) is 3.71. The van der Waals surface area contributed by atoms with Crippen LogP contribution >= 0.6 is 15.9 Å². The predicted molar refractivity (Wildman–Crippen MR) is 82.3 cm³/mol. The van der Waals surface area contributed by atoms with Gasteiger partial charge in [-0.2, -0.15) is 0 Å². The average Bonchev–Trinajstić information content (AvgIpc) is 2.53. The highest BCUT2D eigenvalue weighted by Crippen LogP contribution is 2.13. The number of hydrogen-bond acceptors (Lipinski definition) is 4. The third-order valence-corrected chi connectivity index (χ3v) is 5.49. The summed E-state index contributed by atoms with van der Waals surface area (Å²) in [6.07, 6.45) is 0.751. The molecule has 0 saturated carbocycles. The Hall–Kier alpha value is -0.590. The molecule has 1 saturated heterocycles. The lowest BCUT2D eigenvalue weighted by Crippen LogP contribution is -2.31. The van der Waals surface area contributed by atoms with Gasteiger partial charge in [-0.3, -0.25) is 0 Å². The second kappa shape index (κ2) is 6.72. The highest BCUT2D eigenvalue weighted by atomic mass is 79.9.